The van der Waals surface area contributed by atoms with Crippen molar-refractivity contribution in [1.29, 1.82) is 0 Å². The number of carbonyl (C=O) groups excluding carboxylic acids is 2. The van der Waals surface area contributed by atoms with Gasteiger partial charge in [-0.05, 0) is 36.8 Å². The zero-order valence-corrected chi connectivity index (χ0v) is 14.6. The highest BCUT2D eigenvalue weighted by molar-refractivity contribution is 6.41. The van der Waals surface area contributed by atoms with Crippen LogP contribution in [0.15, 0.2) is 48.5 Å². The number of carbonyl (C=O) groups is 2. The SMILES string of the molecule is C[C@@H]1CN(Cc2ccc(Cl)cc2Cl)C(=O)C(=O)N1c1ccccc1. The van der Waals surface area contributed by atoms with E-state index in [1.807, 2.05) is 37.3 Å². The number of rotatable bonds is 3. The Labute approximate surface area is 150 Å². The van der Waals surface area contributed by atoms with Gasteiger partial charge in [0.2, 0.25) is 0 Å². The van der Waals surface area contributed by atoms with Crippen molar-refractivity contribution >= 4 is 40.7 Å². The van der Waals surface area contributed by atoms with E-state index in [1.54, 1.807) is 23.1 Å². The van der Waals surface area contributed by atoms with E-state index < -0.39 is 11.8 Å². The fraction of sp³-hybridized carbons (Fsp3) is 0.222. The van der Waals surface area contributed by atoms with Gasteiger partial charge in [-0.15, -0.1) is 0 Å². The lowest BCUT2D eigenvalue weighted by atomic mass is 10.1. The molecule has 1 aliphatic heterocycles. The van der Waals surface area contributed by atoms with Crippen LogP contribution < -0.4 is 4.90 Å². The molecule has 0 aliphatic carbocycles. The highest BCUT2D eigenvalue weighted by Gasteiger charge is 2.37. The summed E-state index contributed by atoms with van der Waals surface area (Å²) in [7, 11) is 0. The van der Waals surface area contributed by atoms with Crippen LogP contribution in [0.25, 0.3) is 0 Å². The van der Waals surface area contributed by atoms with E-state index in [9.17, 15) is 9.59 Å². The molecule has 0 N–H and O–H groups in total. The zero-order valence-electron chi connectivity index (χ0n) is 13.1. The van der Waals surface area contributed by atoms with E-state index in [4.69, 9.17) is 23.2 Å². The van der Waals surface area contributed by atoms with Gasteiger partial charge >= 0.3 is 11.8 Å². The van der Waals surface area contributed by atoms with Crippen LogP contribution in [0.4, 0.5) is 5.69 Å². The Balaban J connectivity index is 1.82. The minimum Gasteiger partial charge on any atom is -0.328 e. The van der Waals surface area contributed by atoms with Crippen molar-refractivity contribution in [3.63, 3.8) is 0 Å². The molecule has 2 aromatic rings. The molecule has 1 fully saturated rings. The van der Waals surface area contributed by atoms with Gasteiger partial charge in [0.25, 0.3) is 0 Å². The number of amides is 2. The molecule has 0 spiro atoms. The Bertz CT molecular complexity index is 780. The standard InChI is InChI=1S/C18H16Cl2N2O2/c1-12-10-21(11-13-7-8-14(19)9-16(13)20)17(23)18(24)22(12)15-5-3-2-4-6-15/h2-9,12H,10-11H2,1H3/t12-/m1/s1. The van der Waals surface area contributed by atoms with E-state index in [2.05, 4.69) is 0 Å². The molecule has 1 heterocycles. The number of benzene rings is 2. The van der Waals surface area contributed by atoms with Crippen LogP contribution in [-0.2, 0) is 16.1 Å². The number of para-hydroxylation sites is 1. The molecule has 2 aromatic carbocycles. The number of nitrogens with zero attached hydrogens (tertiary/aromatic N) is 2. The first-order valence-corrected chi connectivity index (χ1v) is 8.34. The second-order valence-electron chi connectivity index (χ2n) is 5.78. The minimum absolute atomic E-state index is 0.122. The van der Waals surface area contributed by atoms with Crippen molar-refractivity contribution in [2.75, 3.05) is 11.4 Å². The molecule has 24 heavy (non-hydrogen) atoms. The predicted octanol–water partition coefficient (Wildman–Crippen LogP) is 3.76. The maximum Gasteiger partial charge on any atom is 0.316 e. The number of anilines is 1. The number of hydrogen-bond acceptors (Lipinski definition) is 2. The lowest BCUT2D eigenvalue weighted by molar-refractivity contribution is -0.147. The maximum atomic E-state index is 12.6. The molecule has 1 aliphatic rings. The Hall–Kier alpha value is -2.04. The number of hydrogen-bond donors (Lipinski definition) is 0. The summed E-state index contributed by atoms with van der Waals surface area (Å²) in [6.45, 7) is 2.65. The zero-order chi connectivity index (χ0) is 17.3. The summed E-state index contributed by atoms with van der Waals surface area (Å²) in [5, 5.41) is 1.02. The number of piperazine rings is 1. The summed E-state index contributed by atoms with van der Waals surface area (Å²) < 4.78 is 0. The molecule has 0 unspecified atom stereocenters. The van der Waals surface area contributed by atoms with E-state index in [-0.39, 0.29) is 12.6 Å². The van der Waals surface area contributed by atoms with Gasteiger partial charge in [0.1, 0.15) is 0 Å². The van der Waals surface area contributed by atoms with Crippen LogP contribution in [0.1, 0.15) is 12.5 Å². The Morgan fingerprint density at radius 1 is 1.04 bits per heavy atom. The van der Waals surface area contributed by atoms with Gasteiger partial charge in [-0.1, -0.05) is 47.5 Å². The minimum atomic E-state index is -0.525. The molecule has 1 saturated heterocycles. The first-order chi connectivity index (χ1) is 11.5. The Kier molecular flexibility index (Phi) is 4.78. The molecule has 124 valence electrons. The molecular formula is C18H16Cl2N2O2. The Morgan fingerprint density at radius 2 is 1.75 bits per heavy atom. The van der Waals surface area contributed by atoms with Gasteiger partial charge in [0.05, 0.1) is 6.04 Å². The van der Waals surface area contributed by atoms with Gasteiger partial charge in [-0.3, -0.25) is 14.5 Å². The van der Waals surface area contributed by atoms with E-state index in [0.717, 1.165) is 11.3 Å². The fourth-order valence-corrected chi connectivity index (χ4v) is 3.34. The van der Waals surface area contributed by atoms with Crippen LogP contribution in [0.5, 0.6) is 0 Å². The van der Waals surface area contributed by atoms with Gasteiger partial charge in [-0.2, -0.15) is 0 Å². The molecule has 0 saturated carbocycles. The molecular weight excluding hydrogens is 347 g/mol. The molecule has 6 heteroatoms. The van der Waals surface area contributed by atoms with E-state index in [1.165, 1.54) is 4.90 Å². The first-order valence-electron chi connectivity index (χ1n) is 7.59. The van der Waals surface area contributed by atoms with Crippen molar-refractivity contribution in [3.8, 4) is 0 Å². The first kappa shape index (κ1) is 16.8. The summed E-state index contributed by atoms with van der Waals surface area (Å²) in [6, 6.07) is 14.2. The summed E-state index contributed by atoms with van der Waals surface area (Å²) in [5.74, 6) is -1.05. The largest absolute Gasteiger partial charge is 0.328 e. The lowest BCUT2D eigenvalue weighted by Gasteiger charge is -2.39. The summed E-state index contributed by atoms with van der Waals surface area (Å²) in [5.41, 5.74) is 1.50. The van der Waals surface area contributed by atoms with Crippen molar-refractivity contribution in [1.82, 2.24) is 4.90 Å². The fourth-order valence-electron chi connectivity index (χ4n) is 2.87. The quantitative estimate of drug-likeness (QED) is 0.780. The maximum absolute atomic E-state index is 12.6. The monoisotopic (exact) mass is 362 g/mol. The van der Waals surface area contributed by atoms with Gasteiger partial charge in [0.15, 0.2) is 0 Å². The van der Waals surface area contributed by atoms with Crippen LogP contribution >= 0.6 is 23.2 Å². The van der Waals surface area contributed by atoms with E-state index in [0.29, 0.717) is 16.6 Å². The smallest absolute Gasteiger partial charge is 0.316 e. The van der Waals surface area contributed by atoms with Crippen molar-refractivity contribution in [3.05, 3.63) is 64.1 Å². The van der Waals surface area contributed by atoms with Gasteiger partial charge < -0.3 is 4.90 Å². The molecule has 0 bridgehead atoms. The average molecular weight is 363 g/mol. The third-order valence-corrected chi connectivity index (χ3v) is 4.61. The van der Waals surface area contributed by atoms with Crippen LogP contribution in [0.3, 0.4) is 0 Å². The molecule has 1 atom stereocenters. The number of halogens is 2. The highest BCUT2D eigenvalue weighted by Crippen LogP contribution is 2.26. The van der Waals surface area contributed by atoms with E-state index >= 15 is 0 Å². The molecule has 4 nitrogen and oxygen atoms in total. The van der Waals surface area contributed by atoms with Crippen molar-refractivity contribution < 1.29 is 9.59 Å². The normalized spacial score (nSPS) is 18.2. The van der Waals surface area contributed by atoms with Crippen LogP contribution in [0.2, 0.25) is 10.0 Å². The molecule has 3 rings (SSSR count). The topological polar surface area (TPSA) is 40.6 Å². The van der Waals surface area contributed by atoms with Crippen molar-refractivity contribution in [2.45, 2.75) is 19.5 Å². The summed E-state index contributed by atoms with van der Waals surface area (Å²) in [6.07, 6.45) is 0. The van der Waals surface area contributed by atoms with Crippen molar-refractivity contribution in [2.24, 2.45) is 0 Å². The third kappa shape index (κ3) is 3.25. The van der Waals surface area contributed by atoms with Crippen LogP contribution in [0, 0.1) is 0 Å². The second kappa shape index (κ2) is 6.83. The average Bonchev–Trinajstić information content (AvgIpc) is 2.56. The predicted molar refractivity (Wildman–Crippen MR) is 95.3 cm³/mol. The Morgan fingerprint density at radius 3 is 2.42 bits per heavy atom. The molecule has 0 radical (unpaired) electrons. The highest BCUT2D eigenvalue weighted by atomic mass is 35.5. The van der Waals surface area contributed by atoms with Gasteiger partial charge in [-0.25, -0.2) is 0 Å². The molecule has 2 amide bonds. The summed E-state index contributed by atoms with van der Waals surface area (Å²) in [4.78, 5) is 28.1. The molecule has 0 aromatic heterocycles. The third-order valence-electron chi connectivity index (χ3n) is 4.03. The summed E-state index contributed by atoms with van der Waals surface area (Å²) >= 11 is 12.1. The van der Waals surface area contributed by atoms with Crippen LogP contribution in [-0.4, -0.2) is 29.3 Å². The van der Waals surface area contributed by atoms with Gasteiger partial charge in [0, 0.05) is 28.8 Å². The lowest BCUT2D eigenvalue weighted by Crippen LogP contribution is -2.58. The second-order valence-corrected chi connectivity index (χ2v) is 6.62.